The fourth-order valence-corrected chi connectivity index (χ4v) is 2.02. The Morgan fingerprint density at radius 2 is 2.21 bits per heavy atom. The van der Waals surface area contributed by atoms with Gasteiger partial charge in [-0.15, -0.1) is 0 Å². The van der Waals surface area contributed by atoms with Crippen LogP contribution in [0.3, 0.4) is 0 Å². The molecule has 0 radical (unpaired) electrons. The van der Waals surface area contributed by atoms with E-state index in [1.54, 1.807) is 6.07 Å². The fourth-order valence-electron chi connectivity index (χ4n) is 2.02. The maximum absolute atomic E-state index is 13.1. The molecular weight excluding hydrogens is 243 g/mol. The largest absolute Gasteiger partial charge is 0.341 e. The zero-order valence-corrected chi connectivity index (χ0v) is 11.7. The number of H-pyrrole nitrogens is 1. The molecule has 0 fully saturated rings. The summed E-state index contributed by atoms with van der Waals surface area (Å²) in [5, 5.41) is 3.38. The van der Waals surface area contributed by atoms with Gasteiger partial charge in [0, 0.05) is 25.7 Å². The topological polar surface area (TPSA) is 44.0 Å². The number of hydrogen-bond acceptors (Lipinski definition) is 3. The molecule has 0 aliphatic carbocycles. The van der Waals surface area contributed by atoms with E-state index in [1.165, 1.54) is 12.1 Å². The van der Waals surface area contributed by atoms with Crippen LogP contribution in [-0.4, -0.2) is 35.6 Å². The molecule has 1 aromatic carbocycles. The van der Waals surface area contributed by atoms with Gasteiger partial charge in [0.25, 0.3) is 0 Å². The summed E-state index contributed by atoms with van der Waals surface area (Å²) in [5.41, 5.74) is 1.54. The van der Waals surface area contributed by atoms with Crippen molar-refractivity contribution in [2.75, 3.05) is 24.5 Å². The Labute approximate surface area is 113 Å². The zero-order chi connectivity index (χ0) is 13.8. The Morgan fingerprint density at radius 3 is 2.89 bits per heavy atom. The third kappa shape index (κ3) is 3.44. The van der Waals surface area contributed by atoms with Crippen LogP contribution in [0.1, 0.15) is 20.8 Å². The minimum atomic E-state index is -0.243. The van der Waals surface area contributed by atoms with Gasteiger partial charge in [0.05, 0.1) is 11.0 Å². The number of anilines is 1. The van der Waals surface area contributed by atoms with Gasteiger partial charge in [-0.3, -0.25) is 0 Å². The van der Waals surface area contributed by atoms with Crippen LogP contribution >= 0.6 is 0 Å². The lowest BCUT2D eigenvalue weighted by molar-refractivity contribution is 0.581. The van der Waals surface area contributed by atoms with Crippen molar-refractivity contribution in [2.45, 2.75) is 26.8 Å². The number of aromatic nitrogens is 2. The smallest absolute Gasteiger partial charge is 0.203 e. The highest BCUT2D eigenvalue weighted by Crippen LogP contribution is 2.17. The molecule has 0 bridgehead atoms. The molecule has 2 N–H and O–H groups in total. The zero-order valence-electron chi connectivity index (χ0n) is 11.7. The van der Waals surface area contributed by atoms with Gasteiger partial charge >= 0.3 is 0 Å². The van der Waals surface area contributed by atoms with E-state index in [4.69, 9.17) is 0 Å². The molecule has 0 saturated carbocycles. The third-order valence-corrected chi connectivity index (χ3v) is 3.05. The van der Waals surface area contributed by atoms with Crippen LogP contribution in [-0.2, 0) is 0 Å². The molecule has 19 heavy (non-hydrogen) atoms. The quantitative estimate of drug-likeness (QED) is 0.842. The van der Waals surface area contributed by atoms with Crippen LogP contribution in [0.2, 0.25) is 0 Å². The molecule has 0 aliphatic rings. The molecule has 0 spiro atoms. The third-order valence-electron chi connectivity index (χ3n) is 3.05. The van der Waals surface area contributed by atoms with Crippen molar-refractivity contribution in [2.24, 2.45) is 0 Å². The second-order valence-corrected chi connectivity index (χ2v) is 4.91. The van der Waals surface area contributed by atoms with Crippen molar-refractivity contribution in [1.29, 1.82) is 0 Å². The average Bonchev–Trinajstić information content (AvgIpc) is 2.76. The first-order valence-electron chi connectivity index (χ1n) is 6.73. The van der Waals surface area contributed by atoms with Gasteiger partial charge in [0.1, 0.15) is 5.82 Å². The lowest BCUT2D eigenvalue weighted by Crippen LogP contribution is -2.35. The van der Waals surface area contributed by atoms with Gasteiger partial charge in [0.15, 0.2) is 0 Å². The Balaban J connectivity index is 2.11. The minimum Gasteiger partial charge on any atom is -0.341 e. The van der Waals surface area contributed by atoms with Crippen LogP contribution in [0.4, 0.5) is 10.3 Å². The van der Waals surface area contributed by atoms with Crippen molar-refractivity contribution in [3.63, 3.8) is 0 Å². The van der Waals surface area contributed by atoms with Crippen LogP contribution in [0.5, 0.6) is 0 Å². The molecule has 1 heterocycles. The van der Waals surface area contributed by atoms with E-state index < -0.39 is 0 Å². The van der Waals surface area contributed by atoms with Crippen molar-refractivity contribution in [1.82, 2.24) is 15.3 Å². The lowest BCUT2D eigenvalue weighted by Gasteiger charge is -2.20. The Hall–Kier alpha value is -1.62. The highest BCUT2D eigenvalue weighted by molar-refractivity contribution is 5.77. The van der Waals surface area contributed by atoms with E-state index in [9.17, 15) is 4.39 Å². The van der Waals surface area contributed by atoms with Crippen LogP contribution in [0.25, 0.3) is 11.0 Å². The molecule has 5 heteroatoms. The van der Waals surface area contributed by atoms with Gasteiger partial charge in [-0.2, -0.15) is 0 Å². The standard InChI is InChI=1S/C14H21FN4/c1-4-19(8-7-16-10(2)3)14-17-12-6-5-11(15)9-13(12)18-14/h5-6,9-10,16H,4,7-8H2,1-3H3,(H,17,18). The van der Waals surface area contributed by atoms with E-state index in [1.807, 2.05) is 0 Å². The first-order valence-corrected chi connectivity index (χ1v) is 6.73. The van der Waals surface area contributed by atoms with E-state index in [0.717, 1.165) is 36.6 Å². The highest BCUT2D eigenvalue weighted by atomic mass is 19.1. The summed E-state index contributed by atoms with van der Waals surface area (Å²) < 4.78 is 13.1. The van der Waals surface area contributed by atoms with Gasteiger partial charge in [-0.25, -0.2) is 9.37 Å². The summed E-state index contributed by atoms with van der Waals surface area (Å²) in [6.45, 7) is 8.97. The Morgan fingerprint density at radius 1 is 1.42 bits per heavy atom. The number of aromatic amines is 1. The number of halogens is 1. The fraction of sp³-hybridized carbons (Fsp3) is 0.500. The van der Waals surface area contributed by atoms with Gasteiger partial charge in [-0.1, -0.05) is 13.8 Å². The van der Waals surface area contributed by atoms with Crippen molar-refractivity contribution in [3.05, 3.63) is 24.0 Å². The number of nitrogens with zero attached hydrogens (tertiary/aromatic N) is 2. The number of likely N-dealkylation sites (N-methyl/N-ethyl adjacent to an activating group) is 1. The van der Waals surface area contributed by atoms with Gasteiger partial charge in [0.2, 0.25) is 5.95 Å². The van der Waals surface area contributed by atoms with Crippen LogP contribution < -0.4 is 10.2 Å². The number of rotatable bonds is 6. The molecular formula is C14H21FN4. The van der Waals surface area contributed by atoms with E-state index in [0.29, 0.717) is 6.04 Å². The molecule has 4 nitrogen and oxygen atoms in total. The van der Waals surface area contributed by atoms with E-state index >= 15 is 0 Å². The molecule has 2 rings (SSSR count). The average molecular weight is 264 g/mol. The monoisotopic (exact) mass is 264 g/mol. The number of imidazole rings is 1. The predicted octanol–water partition coefficient (Wildman–Crippen LogP) is 2.53. The first kappa shape index (κ1) is 13.8. The molecule has 2 aromatic rings. The Kier molecular flexibility index (Phi) is 4.37. The summed E-state index contributed by atoms with van der Waals surface area (Å²) in [4.78, 5) is 9.82. The van der Waals surface area contributed by atoms with Crippen LogP contribution in [0.15, 0.2) is 18.2 Å². The lowest BCUT2D eigenvalue weighted by atomic mass is 10.3. The second-order valence-electron chi connectivity index (χ2n) is 4.91. The van der Waals surface area contributed by atoms with Gasteiger partial charge < -0.3 is 15.2 Å². The maximum atomic E-state index is 13.1. The van der Waals surface area contributed by atoms with Crippen LogP contribution in [0, 0.1) is 5.82 Å². The minimum absolute atomic E-state index is 0.243. The first-order chi connectivity index (χ1) is 9.10. The number of benzene rings is 1. The van der Waals surface area contributed by atoms with Crippen molar-refractivity contribution < 1.29 is 4.39 Å². The normalized spacial score (nSPS) is 11.4. The van der Waals surface area contributed by atoms with E-state index in [2.05, 4.69) is 41.0 Å². The second kappa shape index (κ2) is 6.02. The number of hydrogen-bond donors (Lipinski definition) is 2. The van der Waals surface area contributed by atoms with E-state index in [-0.39, 0.29) is 5.82 Å². The Bertz CT molecular complexity index is 535. The number of nitrogens with one attached hydrogen (secondary N) is 2. The van der Waals surface area contributed by atoms with Gasteiger partial charge in [-0.05, 0) is 25.1 Å². The highest BCUT2D eigenvalue weighted by Gasteiger charge is 2.10. The SMILES string of the molecule is CCN(CCNC(C)C)c1nc2ccc(F)cc2[nH]1. The maximum Gasteiger partial charge on any atom is 0.203 e. The predicted molar refractivity (Wildman–Crippen MR) is 77.1 cm³/mol. The molecule has 104 valence electrons. The summed E-state index contributed by atoms with van der Waals surface area (Å²) >= 11 is 0. The summed E-state index contributed by atoms with van der Waals surface area (Å²) in [6, 6.07) is 5.09. The molecule has 0 aliphatic heterocycles. The molecule has 1 aromatic heterocycles. The molecule has 0 saturated heterocycles. The summed E-state index contributed by atoms with van der Waals surface area (Å²) in [7, 11) is 0. The van der Waals surface area contributed by atoms with Crippen molar-refractivity contribution in [3.8, 4) is 0 Å². The van der Waals surface area contributed by atoms with Crippen molar-refractivity contribution >= 4 is 17.0 Å². The molecule has 0 amide bonds. The summed E-state index contributed by atoms with van der Waals surface area (Å²) in [5.74, 6) is 0.556. The molecule has 0 unspecified atom stereocenters. The summed E-state index contributed by atoms with van der Waals surface area (Å²) in [6.07, 6.45) is 0. The number of fused-ring (bicyclic) bond motifs is 1. The molecule has 0 atom stereocenters.